The van der Waals surface area contributed by atoms with E-state index in [1.807, 2.05) is 30.3 Å². The molecule has 0 atom stereocenters. The molecule has 0 aliphatic heterocycles. The van der Waals surface area contributed by atoms with Gasteiger partial charge < -0.3 is 9.72 Å². The molecule has 4 aromatic heterocycles. The third-order valence-electron chi connectivity index (χ3n) is 5.39. The van der Waals surface area contributed by atoms with E-state index in [1.165, 1.54) is 19.2 Å². The lowest BCUT2D eigenvalue weighted by atomic mass is 10.0. The predicted molar refractivity (Wildman–Crippen MR) is 122 cm³/mol. The smallest absolute Gasteiger partial charge is 0.161 e. The molecule has 0 bridgehead atoms. The second-order valence-corrected chi connectivity index (χ2v) is 7.42. The number of hydrogen-bond donors (Lipinski definition) is 2. The van der Waals surface area contributed by atoms with E-state index < -0.39 is 0 Å². The summed E-state index contributed by atoms with van der Waals surface area (Å²) in [6, 6.07) is 14.1. The third kappa shape index (κ3) is 3.26. The second-order valence-electron chi connectivity index (χ2n) is 7.42. The van der Waals surface area contributed by atoms with Crippen LogP contribution in [0.25, 0.3) is 56.1 Å². The summed E-state index contributed by atoms with van der Waals surface area (Å²) in [7, 11) is 1.51. The van der Waals surface area contributed by atoms with Crippen LogP contribution in [0.5, 0.6) is 5.75 Å². The lowest BCUT2D eigenvalue weighted by molar-refractivity contribution is 0.411. The minimum absolute atomic E-state index is 0.379. The van der Waals surface area contributed by atoms with E-state index in [4.69, 9.17) is 14.7 Å². The van der Waals surface area contributed by atoms with E-state index in [9.17, 15) is 4.39 Å². The third-order valence-corrected chi connectivity index (χ3v) is 5.39. The highest BCUT2D eigenvalue weighted by atomic mass is 19.1. The van der Waals surface area contributed by atoms with Crippen molar-refractivity contribution in [3.63, 3.8) is 0 Å². The molecule has 6 rings (SSSR count). The van der Waals surface area contributed by atoms with Crippen LogP contribution in [0.3, 0.4) is 0 Å². The Morgan fingerprint density at radius 2 is 1.85 bits per heavy atom. The van der Waals surface area contributed by atoms with Crippen LogP contribution in [-0.2, 0) is 0 Å². The van der Waals surface area contributed by atoms with Gasteiger partial charge in [0.15, 0.2) is 11.5 Å². The molecule has 4 heterocycles. The molecule has 8 nitrogen and oxygen atoms in total. The van der Waals surface area contributed by atoms with Crippen molar-refractivity contribution in [1.82, 2.24) is 35.1 Å². The van der Waals surface area contributed by atoms with Crippen LogP contribution in [0.15, 0.2) is 67.1 Å². The summed E-state index contributed by atoms with van der Waals surface area (Å²) in [6.07, 6.45) is 4.90. The summed E-state index contributed by atoms with van der Waals surface area (Å²) < 4.78 is 19.4. The summed E-state index contributed by atoms with van der Waals surface area (Å²) in [6.45, 7) is 0. The Hall–Kier alpha value is -4.66. The van der Waals surface area contributed by atoms with Gasteiger partial charge in [-0.15, -0.1) is 0 Å². The molecule has 0 saturated carbocycles. The van der Waals surface area contributed by atoms with Gasteiger partial charge >= 0.3 is 0 Å². The number of nitrogens with zero attached hydrogens (tertiary/aromatic N) is 5. The van der Waals surface area contributed by atoms with Gasteiger partial charge in [-0.3, -0.25) is 15.1 Å². The first-order chi connectivity index (χ1) is 16.2. The molecular formula is C24H16FN7O. The second kappa shape index (κ2) is 7.49. The molecule has 2 N–H and O–H groups in total. The van der Waals surface area contributed by atoms with Crippen molar-refractivity contribution in [2.45, 2.75) is 0 Å². The largest absolute Gasteiger partial charge is 0.497 e. The molecule has 0 spiro atoms. The number of aromatic amines is 2. The summed E-state index contributed by atoms with van der Waals surface area (Å²) in [5.41, 5.74) is 6.30. The number of pyridine rings is 1. The molecule has 9 heteroatoms. The van der Waals surface area contributed by atoms with Crippen molar-refractivity contribution in [2.24, 2.45) is 0 Å². The van der Waals surface area contributed by atoms with Gasteiger partial charge in [-0.2, -0.15) is 5.10 Å². The summed E-state index contributed by atoms with van der Waals surface area (Å²) in [5.74, 6) is 0.615. The summed E-state index contributed by atoms with van der Waals surface area (Å²) >= 11 is 0. The fourth-order valence-electron chi connectivity index (χ4n) is 3.85. The van der Waals surface area contributed by atoms with Gasteiger partial charge in [0.25, 0.3) is 0 Å². The van der Waals surface area contributed by atoms with E-state index in [2.05, 4.69) is 25.1 Å². The van der Waals surface area contributed by atoms with Gasteiger partial charge in [-0.25, -0.2) is 14.4 Å². The Balaban J connectivity index is 1.50. The average molecular weight is 437 g/mol. The molecule has 0 fully saturated rings. The number of methoxy groups -OCH3 is 1. The molecule has 0 saturated heterocycles. The van der Waals surface area contributed by atoms with Crippen LogP contribution in [0.2, 0.25) is 0 Å². The molecule has 6 aromatic rings. The van der Waals surface area contributed by atoms with Crippen molar-refractivity contribution in [3.8, 4) is 39.8 Å². The van der Waals surface area contributed by atoms with Crippen molar-refractivity contribution in [1.29, 1.82) is 0 Å². The Morgan fingerprint density at radius 3 is 2.70 bits per heavy atom. The molecular weight excluding hydrogens is 421 g/mol. The monoisotopic (exact) mass is 437 g/mol. The van der Waals surface area contributed by atoms with Crippen LogP contribution in [-0.4, -0.2) is 42.2 Å². The van der Waals surface area contributed by atoms with Crippen molar-refractivity contribution in [3.05, 3.63) is 72.9 Å². The molecule has 0 amide bonds. The van der Waals surface area contributed by atoms with Crippen LogP contribution >= 0.6 is 0 Å². The van der Waals surface area contributed by atoms with Crippen LogP contribution in [0, 0.1) is 5.82 Å². The molecule has 0 aliphatic rings. The Kier molecular flexibility index (Phi) is 4.32. The highest BCUT2D eigenvalue weighted by Crippen LogP contribution is 2.33. The molecule has 160 valence electrons. The first-order valence-corrected chi connectivity index (χ1v) is 10.1. The number of fused-ring (bicyclic) bond motifs is 2. The Morgan fingerprint density at radius 1 is 0.909 bits per heavy atom. The van der Waals surface area contributed by atoms with Crippen molar-refractivity contribution in [2.75, 3.05) is 7.11 Å². The van der Waals surface area contributed by atoms with Gasteiger partial charge in [-0.05, 0) is 35.9 Å². The Bertz CT molecular complexity index is 1620. The first kappa shape index (κ1) is 19.1. The van der Waals surface area contributed by atoms with E-state index in [0.717, 1.165) is 16.6 Å². The normalized spacial score (nSPS) is 11.3. The molecule has 0 radical (unpaired) electrons. The number of ether oxygens (including phenoxy) is 1. The number of nitrogens with one attached hydrogen (secondary N) is 2. The zero-order valence-corrected chi connectivity index (χ0v) is 17.4. The topological polar surface area (TPSA) is 105 Å². The number of para-hydroxylation sites is 1. The van der Waals surface area contributed by atoms with Gasteiger partial charge in [0.1, 0.15) is 22.8 Å². The van der Waals surface area contributed by atoms with Gasteiger partial charge in [-0.1, -0.05) is 12.1 Å². The Labute approximate surface area is 186 Å². The summed E-state index contributed by atoms with van der Waals surface area (Å²) in [5, 5.41) is 7.45. The van der Waals surface area contributed by atoms with E-state index in [0.29, 0.717) is 45.3 Å². The summed E-state index contributed by atoms with van der Waals surface area (Å²) in [4.78, 5) is 21.3. The highest BCUT2D eigenvalue weighted by molar-refractivity contribution is 5.96. The highest BCUT2D eigenvalue weighted by Gasteiger charge is 2.17. The van der Waals surface area contributed by atoms with Crippen LogP contribution < -0.4 is 4.74 Å². The lowest BCUT2D eigenvalue weighted by Gasteiger charge is -2.06. The van der Waals surface area contributed by atoms with Crippen molar-refractivity contribution < 1.29 is 9.13 Å². The standard InChI is InChI=1S/C24H16FN7O/c1-33-15-10-13(9-14(25)11-15)16-3-2-4-18-21(16)30-24(29-18)23-22-19(31-32-23)6-5-17(28-22)20-12-26-7-8-27-20/h2-12H,1H3,(H,29,30)(H,31,32). The number of benzene rings is 2. The van der Waals surface area contributed by atoms with Gasteiger partial charge in [0, 0.05) is 24.0 Å². The number of aromatic nitrogens is 7. The fraction of sp³-hybridized carbons (Fsp3) is 0.0417. The lowest BCUT2D eigenvalue weighted by Crippen LogP contribution is -1.89. The van der Waals surface area contributed by atoms with E-state index in [-0.39, 0.29) is 5.82 Å². The minimum atomic E-state index is -0.379. The fourth-order valence-corrected chi connectivity index (χ4v) is 3.85. The maximum Gasteiger partial charge on any atom is 0.161 e. The molecule has 33 heavy (non-hydrogen) atoms. The van der Waals surface area contributed by atoms with Crippen LogP contribution in [0.1, 0.15) is 0 Å². The predicted octanol–water partition coefficient (Wildman–Crippen LogP) is 4.77. The van der Waals surface area contributed by atoms with E-state index in [1.54, 1.807) is 24.7 Å². The number of imidazole rings is 1. The quantitative estimate of drug-likeness (QED) is 0.411. The first-order valence-electron chi connectivity index (χ1n) is 10.1. The SMILES string of the molecule is COc1cc(F)cc(-c2cccc3[nH]c(-c4n[nH]c5ccc(-c6cnccn6)nc45)nc23)c1. The number of rotatable bonds is 4. The zero-order valence-electron chi connectivity index (χ0n) is 17.4. The molecule has 2 aromatic carbocycles. The zero-order chi connectivity index (χ0) is 22.4. The molecule has 0 aliphatic carbocycles. The van der Waals surface area contributed by atoms with E-state index >= 15 is 0 Å². The average Bonchev–Trinajstić information content (AvgIpc) is 3.47. The number of H-pyrrole nitrogens is 2. The minimum Gasteiger partial charge on any atom is -0.497 e. The van der Waals surface area contributed by atoms with Crippen LogP contribution in [0.4, 0.5) is 4.39 Å². The maximum atomic E-state index is 14.1. The van der Waals surface area contributed by atoms with Crippen molar-refractivity contribution >= 4 is 22.1 Å². The number of halogens is 1. The molecule has 0 unspecified atom stereocenters. The van der Waals surface area contributed by atoms with Gasteiger partial charge in [0.05, 0.1) is 35.6 Å². The maximum absolute atomic E-state index is 14.1. The number of hydrogen-bond acceptors (Lipinski definition) is 6. The van der Waals surface area contributed by atoms with Gasteiger partial charge in [0.2, 0.25) is 0 Å².